The fourth-order valence-corrected chi connectivity index (χ4v) is 1.14. The molecule has 3 nitrogen and oxygen atoms in total. The topological polar surface area (TPSA) is 61.8 Å². The van der Waals surface area contributed by atoms with Gasteiger partial charge in [0, 0.05) is 11.5 Å². The van der Waals surface area contributed by atoms with Crippen LogP contribution in [0.2, 0.25) is 0 Å². The van der Waals surface area contributed by atoms with Gasteiger partial charge in [0.2, 0.25) is 0 Å². The van der Waals surface area contributed by atoms with Crippen LogP contribution in [0.3, 0.4) is 0 Å². The molecule has 0 amide bonds. The molecule has 0 spiro atoms. The molecule has 1 atom stereocenters. The molecule has 0 heterocycles. The fourth-order valence-electron chi connectivity index (χ4n) is 1.14. The molecule has 3 heteroatoms. The van der Waals surface area contributed by atoms with Crippen LogP contribution in [0, 0.1) is 11.3 Å². The highest BCUT2D eigenvalue weighted by Crippen LogP contribution is 2.12. The first-order valence-corrected chi connectivity index (χ1v) is 4.68. The molecule has 0 aromatic rings. The van der Waals surface area contributed by atoms with Crippen molar-refractivity contribution in [3.8, 4) is 0 Å². The monoisotopic (exact) mass is 182 g/mol. The van der Waals surface area contributed by atoms with Crippen molar-refractivity contribution in [1.29, 1.82) is 5.41 Å². The van der Waals surface area contributed by atoms with Gasteiger partial charge in [0.05, 0.1) is 0 Å². The highest BCUT2D eigenvalue weighted by atomic mass is 15.0. The first-order chi connectivity index (χ1) is 6.06. The SMILES string of the molecule is CC(C)=CCCC(C)CC(=N)N=[NH2+]. The summed E-state index contributed by atoms with van der Waals surface area (Å²) < 4.78 is 0. The van der Waals surface area contributed by atoms with Crippen LogP contribution in [0.4, 0.5) is 0 Å². The number of allylic oxidation sites excluding steroid dienone is 2. The van der Waals surface area contributed by atoms with Gasteiger partial charge in [-0.25, -0.2) is 0 Å². The Hall–Kier alpha value is -0.990. The molecular weight excluding hydrogens is 162 g/mol. The van der Waals surface area contributed by atoms with E-state index in [0.717, 1.165) is 12.8 Å². The second-order valence-corrected chi connectivity index (χ2v) is 3.74. The first kappa shape index (κ1) is 12.0. The number of rotatable bonds is 5. The predicted octanol–water partition coefficient (Wildman–Crippen LogP) is 1.95. The fraction of sp³-hybridized carbons (Fsp3) is 0.700. The Kier molecular flexibility index (Phi) is 6.02. The molecule has 0 fully saturated rings. The van der Waals surface area contributed by atoms with Gasteiger partial charge in [-0.05, 0) is 32.6 Å². The molecule has 74 valence electrons. The van der Waals surface area contributed by atoms with Gasteiger partial charge in [0.15, 0.2) is 5.84 Å². The molecule has 0 aromatic carbocycles. The van der Waals surface area contributed by atoms with Gasteiger partial charge in [-0.15, -0.1) is 0 Å². The Bertz CT molecular complexity index is 202. The van der Waals surface area contributed by atoms with Crippen molar-refractivity contribution < 1.29 is 5.53 Å². The van der Waals surface area contributed by atoms with Crippen LogP contribution < -0.4 is 5.53 Å². The molecule has 13 heavy (non-hydrogen) atoms. The summed E-state index contributed by atoms with van der Waals surface area (Å²) in [5, 5.41) is 10.6. The number of nitrogens with zero attached hydrogens (tertiary/aromatic N) is 1. The molecule has 0 bridgehead atoms. The van der Waals surface area contributed by atoms with Gasteiger partial charge >= 0.3 is 0 Å². The Morgan fingerprint density at radius 1 is 1.54 bits per heavy atom. The van der Waals surface area contributed by atoms with E-state index in [2.05, 4.69) is 32.0 Å². The molecule has 0 saturated heterocycles. The van der Waals surface area contributed by atoms with Gasteiger partial charge in [-0.1, -0.05) is 18.6 Å². The van der Waals surface area contributed by atoms with Crippen LogP contribution >= 0.6 is 0 Å². The minimum absolute atomic E-state index is 0.296. The van der Waals surface area contributed by atoms with Crippen molar-refractivity contribution in [2.75, 3.05) is 0 Å². The van der Waals surface area contributed by atoms with E-state index in [1.165, 1.54) is 5.57 Å². The van der Waals surface area contributed by atoms with E-state index in [9.17, 15) is 0 Å². The molecular formula is C10H20N3+. The lowest BCUT2D eigenvalue weighted by atomic mass is 10.0. The number of amidine groups is 1. The second-order valence-electron chi connectivity index (χ2n) is 3.74. The molecule has 0 aliphatic heterocycles. The number of hydrogen-bond acceptors (Lipinski definition) is 1. The Morgan fingerprint density at radius 2 is 2.15 bits per heavy atom. The summed E-state index contributed by atoms with van der Waals surface area (Å²) in [6.07, 6.45) is 5.09. The second kappa shape index (κ2) is 6.52. The van der Waals surface area contributed by atoms with Crippen LogP contribution in [0.15, 0.2) is 16.8 Å². The summed E-state index contributed by atoms with van der Waals surface area (Å²) in [4.78, 5) is 0. The van der Waals surface area contributed by atoms with Crippen LogP contribution in [0.5, 0.6) is 0 Å². The summed E-state index contributed by atoms with van der Waals surface area (Å²) in [7, 11) is 0. The lowest BCUT2D eigenvalue weighted by Gasteiger charge is -2.06. The number of nitrogens with one attached hydrogen (secondary N) is 1. The zero-order chi connectivity index (χ0) is 10.3. The normalized spacial score (nSPS) is 11.9. The van der Waals surface area contributed by atoms with Crippen molar-refractivity contribution in [2.24, 2.45) is 11.0 Å². The number of nitrogens with two attached hydrogens (primary N) is 1. The van der Waals surface area contributed by atoms with Crippen molar-refractivity contribution >= 4 is 5.84 Å². The largest absolute Gasteiger partial charge is 0.282 e. The molecule has 0 aromatic heterocycles. The van der Waals surface area contributed by atoms with Gasteiger partial charge in [0.1, 0.15) is 0 Å². The van der Waals surface area contributed by atoms with Crippen LogP contribution in [0.1, 0.15) is 40.0 Å². The van der Waals surface area contributed by atoms with E-state index < -0.39 is 0 Å². The van der Waals surface area contributed by atoms with Gasteiger partial charge in [0.25, 0.3) is 0 Å². The molecule has 0 aliphatic carbocycles. The zero-order valence-corrected chi connectivity index (χ0v) is 8.80. The molecule has 0 radical (unpaired) electrons. The van der Waals surface area contributed by atoms with Crippen molar-refractivity contribution in [1.82, 2.24) is 0 Å². The third-order valence-electron chi connectivity index (χ3n) is 1.91. The van der Waals surface area contributed by atoms with Crippen LogP contribution in [-0.2, 0) is 0 Å². The van der Waals surface area contributed by atoms with E-state index >= 15 is 0 Å². The molecule has 3 N–H and O–H groups in total. The predicted molar refractivity (Wildman–Crippen MR) is 54.5 cm³/mol. The molecule has 1 unspecified atom stereocenters. The Balaban J connectivity index is 3.63. The maximum absolute atomic E-state index is 7.28. The first-order valence-electron chi connectivity index (χ1n) is 4.68. The third-order valence-corrected chi connectivity index (χ3v) is 1.91. The summed E-state index contributed by atoms with van der Waals surface area (Å²) in [6, 6.07) is 0. The summed E-state index contributed by atoms with van der Waals surface area (Å²) in [5.41, 5.74) is 6.34. The molecule has 0 saturated carbocycles. The zero-order valence-electron chi connectivity index (χ0n) is 8.80. The van der Waals surface area contributed by atoms with E-state index in [1.807, 2.05) is 0 Å². The van der Waals surface area contributed by atoms with Crippen molar-refractivity contribution in [2.45, 2.75) is 40.0 Å². The van der Waals surface area contributed by atoms with E-state index in [1.54, 1.807) is 0 Å². The Morgan fingerprint density at radius 3 is 2.62 bits per heavy atom. The highest BCUT2D eigenvalue weighted by molar-refractivity contribution is 5.78. The quantitative estimate of drug-likeness (QED) is 0.282. The van der Waals surface area contributed by atoms with Gasteiger partial charge in [-0.2, -0.15) is 5.53 Å². The lowest BCUT2D eigenvalue weighted by molar-refractivity contribution is -0.207. The minimum atomic E-state index is 0.296. The van der Waals surface area contributed by atoms with E-state index in [0.29, 0.717) is 18.2 Å². The van der Waals surface area contributed by atoms with Crippen molar-refractivity contribution in [3.63, 3.8) is 0 Å². The lowest BCUT2D eigenvalue weighted by Crippen LogP contribution is -2.26. The summed E-state index contributed by atoms with van der Waals surface area (Å²) in [6.45, 7) is 6.32. The minimum Gasteiger partial charge on any atom is -0.282 e. The van der Waals surface area contributed by atoms with Gasteiger partial charge < -0.3 is 0 Å². The average molecular weight is 182 g/mol. The molecule has 0 rings (SSSR count). The summed E-state index contributed by atoms with van der Waals surface area (Å²) in [5.74, 6) is 0.792. The van der Waals surface area contributed by atoms with Gasteiger partial charge in [-0.3, -0.25) is 5.41 Å². The maximum Gasteiger partial charge on any atom is 0.188 e. The summed E-state index contributed by atoms with van der Waals surface area (Å²) >= 11 is 0. The number of hydrogen-bond donors (Lipinski definition) is 2. The third kappa shape index (κ3) is 7.37. The maximum atomic E-state index is 7.28. The van der Waals surface area contributed by atoms with E-state index in [4.69, 9.17) is 10.9 Å². The molecule has 0 aliphatic rings. The highest BCUT2D eigenvalue weighted by Gasteiger charge is 2.05. The van der Waals surface area contributed by atoms with E-state index in [-0.39, 0.29) is 0 Å². The smallest absolute Gasteiger partial charge is 0.188 e. The average Bonchev–Trinajstić information content (AvgIpc) is 2.03. The Labute approximate surface area is 80.3 Å². The van der Waals surface area contributed by atoms with Crippen LogP contribution in [0.25, 0.3) is 0 Å². The van der Waals surface area contributed by atoms with Crippen molar-refractivity contribution in [3.05, 3.63) is 11.6 Å². The van der Waals surface area contributed by atoms with Crippen LogP contribution in [-0.4, -0.2) is 5.84 Å². The standard InChI is InChI=1S/C10H19N3/c1-8(2)5-4-6-9(3)7-10(11)13-12/h5,9,11-12H,4,6-7H2,1-3H3/p+1.